The third-order valence-electron chi connectivity index (χ3n) is 7.07. The van der Waals surface area contributed by atoms with Gasteiger partial charge in [-0.1, -0.05) is 0 Å². The molecule has 4 bridgehead atoms. The normalized spacial score (nSPS) is 51.9. The van der Waals surface area contributed by atoms with E-state index in [1.807, 2.05) is 0 Å². The van der Waals surface area contributed by atoms with Crippen LogP contribution in [0.1, 0.15) is 51.4 Å². The molecule has 1 saturated heterocycles. The summed E-state index contributed by atoms with van der Waals surface area (Å²) in [4.78, 5) is 1.80. The van der Waals surface area contributed by atoms with Gasteiger partial charge in [0.25, 0.3) is 0 Å². The molecule has 5 fully saturated rings. The molecule has 2 heteroatoms. The topological polar surface area (TPSA) is 21.1 Å². The maximum Gasteiger partial charge on any atom is 0.0929 e. The molecule has 0 aromatic rings. The molecule has 1 aliphatic heterocycles. The van der Waals surface area contributed by atoms with E-state index in [0.717, 1.165) is 35.8 Å². The van der Waals surface area contributed by atoms with Gasteiger partial charge in [0.05, 0.1) is 32.2 Å². The van der Waals surface area contributed by atoms with Crippen LogP contribution >= 0.6 is 0 Å². The summed E-state index contributed by atoms with van der Waals surface area (Å²) in [6.45, 7) is 2.83. The summed E-state index contributed by atoms with van der Waals surface area (Å²) < 4.78 is 0. The van der Waals surface area contributed by atoms with Crippen molar-refractivity contribution in [1.29, 1.82) is 0 Å². The summed E-state index contributed by atoms with van der Waals surface area (Å²) in [5.74, 6) is 4.48. The lowest BCUT2D eigenvalue weighted by Crippen LogP contribution is -3.11. The smallest absolute Gasteiger partial charge is 0.0929 e. The average molecular weight is 264 g/mol. The largest absolute Gasteiger partial charge is 0.343 e. The Labute approximate surface area is 118 Å². The SMILES string of the molecule is C[NH+]1CCC[C@@H]1CC[NH2+]C1C2CC3CC(C2)CC1C3. The molecule has 0 spiro atoms. The highest BCUT2D eigenvalue weighted by Crippen LogP contribution is 2.52. The van der Waals surface area contributed by atoms with E-state index < -0.39 is 0 Å². The molecule has 4 saturated carbocycles. The lowest BCUT2D eigenvalue weighted by atomic mass is 9.54. The molecule has 1 unspecified atom stereocenters. The molecule has 2 nitrogen and oxygen atoms in total. The monoisotopic (exact) mass is 264 g/mol. The quantitative estimate of drug-likeness (QED) is 0.735. The van der Waals surface area contributed by atoms with E-state index in [-0.39, 0.29) is 0 Å². The first-order valence-corrected chi connectivity index (χ1v) is 8.95. The van der Waals surface area contributed by atoms with Crippen molar-refractivity contribution in [2.24, 2.45) is 23.7 Å². The maximum absolute atomic E-state index is 2.79. The summed E-state index contributed by atoms with van der Waals surface area (Å²) in [6, 6.07) is 2.00. The van der Waals surface area contributed by atoms with Gasteiger partial charge in [-0.15, -0.1) is 0 Å². The molecule has 1 heterocycles. The van der Waals surface area contributed by atoms with Gasteiger partial charge < -0.3 is 10.2 Å². The second-order valence-electron chi connectivity index (χ2n) is 8.26. The molecule has 5 rings (SSSR count). The fourth-order valence-corrected chi connectivity index (χ4v) is 6.31. The van der Waals surface area contributed by atoms with Crippen LogP contribution in [0, 0.1) is 23.7 Å². The molecule has 0 amide bonds. The highest BCUT2D eigenvalue weighted by Gasteiger charge is 2.50. The van der Waals surface area contributed by atoms with E-state index in [4.69, 9.17) is 0 Å². The molecule has 2 atom stereocenters. The summed E-state index contributed by atoms with van der Waals surface area (Å²) >= 11 is 0. The predicted molar refractivity (Wildman–Crippen MR) is 77.0 cm³/mol. The van der Waals surface area contributed by atoms with Crippen LogP contribution in [0.25, 0.3) is 0 Å². The van der Waals surface area contributed by atoms with Crippen LogP contribution in [0.15, 0.2) is 0 Å². The summed E-state index contributed by atoms with van der Waals surface area (Å²) in [6.07, 6.45) is 12.4. The number of likely N-dealkylation sites (tertiary alicyclic amines) is 1. The van der Waals surface area contributed by atoms with Gasteiger partial charge >= 0.3 is 0 Å². The van der Waals surface area contributed by atoms with E-state index in [1.165, 1.54) is 32.4 Å². The van der Waals surface area contributed by atoms with Crippen LogP contribution < -0.4 is 10.2 Å². The minimum Gasteiger partial charge on any atom is -0.343 e. The zero-order valence-electron chi connectivity index (χ0n) is 12.6. The third-order valence-corrected chi connectivity index (χ3v) is 7.07. The van der Waals surface area contributed by atoms with E-state index in [0.29, 0.717) is 0 Å². The fraction of sp³-hybridized carbons (Fsp3) is 1.00. The van der Waals surface area contributed by atoms with Crippen LogP contribution in [0.5, 0.6) is 0 Å². The summed E-state index contributed by atoms with van der Waals surface area (Å²) in [5, 5.41) is 2.79. The van der Waals surface area contributed by atoms with Gasteiger partial charge in [-0.3, -0.25) is 0 Å². The first-order valence-electron chi connectivity index (χ1n) is 8.95. The van der Waals surface area contributed by atoms with Crippen molar-refractivity contribution in [3.05, 3.63) is 0 Å². The molecule has 5 aliphatic rings. The Bertz CT molecular complexity index is 299. The highest BCUT2D eigenvalue weighted by molar-refractivity contribution is 4.97. The average Bonchev–Trinajstić information content (AvgIpc) is 2.78. The molecular formula is C17H32N2+2. The number of quaternary nitrogens is 2. The second-order valence-corrected chi connectivity index (χ2v) is 8.26. The Hall–Kier alpha value is -0.0800. The van der Waals surface area contributed by atoms with Crippen molar-refractivity contribution in [3.63, 3.8) is 0 Å². The minimum atomic E-state index is 0.980. The van der Waals surface area contributed by atoms with Crippen molar-refractivity contribution in [2.75, 3.05) is 20.1 Å². The molecular weight excluding hydrogens is 232 g/mol. The molecule has 108 valence electrons. The van der Waals surface area contributed by atoms with Crippen molar-refractivity contribution < 1.29 is 10.2 Å². The van der Waals surface area contributed by atoms with E-state index in [2.05, 4.69) is 12.4 Å². The van der Waals surface area contributed by atoms with Crippen molar-refractivity contribution in [3.8, 4) is 0 Å². The standard InChI is InChI=1S/C17H30N2/c1-19-6-2-3-16(19)4-5-18-17-14-8-12-7-13(10-14)11-15(17)9-12/h12-18H,2-11H2,1H3/p+2/t12?,13?,14?,15?,16-,17?/m1/s1. The van der Waals surface area contributed by atoms with Crippen LogP contribution in [-0.2, 0) is 0 Å². The van der Waals surface area contributed by atoms with Crippen LogP contribution in [0.3, 0.4) is 0 Å². The third kappa shape index (κ3) is 2.35. The summed E-state index contributed by atoms with van der Waals surface area (Å²) in [5.41, 5.74) is 0. The van der Waals surface area contributed by atoms with Crippen LogP contribution in [0.4, 0.5) is 0 Å². The molecule has 3 N–H and O–H groups in total. The lowest BCUT2D eigenvalue weighted by Gasteiger charge is -2.52. The van der Waals surface area contributed by atoms with Gasteiger partial charge in [-0.25, -0.2) is 0 Å². The number of nitrogens with one attached hydrogen (secondary N) is 1. The first kappa shape index (κ1) is 12.6. The fourth-order valence-electron chi connectivity index (χ4n) is 6.31. The zero-order chi connectivity index (χ0) is 12.8. The lowest BCUT2D eigenvalue weighted by molar-refractivity contribution is -0.894. The predicted octanol–water partition coefficient (Wildman–Crippen LogP) is 0.442. The second kappa shape index (κ2) is 5.04. The van der Waals surface area contributed by atoms with E-state index >= 15 is 0 Å². The Morgan fingerprint density at radius 3 is 2.26 bits per heavy atom. The van der Waals surface area contributed by atoms with Crippen LogP contribution in [0.2, 0.25) is 0 Å². The highest BCUT2D eigenvalue weighted by atomic mass is 15.1. The maximum atomic E-state index is 2.79. The van der Waals surface area contributed by atoms with E-state index in [9.17, 15) is 0 Å². The Morgan fingerprint density at radius 1 is 1.00 bits per heavy atom. The molecule has 0 aromatic carbocycles. The number of rotatable bonds is 4. The summed E-state index contributed by atoms with van der Waals surface area (Å²) in [7, 11) is 2.40. The minimum absolute atomic E-state index is 0.980. The zero-order valence-corrected chi connectivity index (χ0v) is 12.6. The van der Waals surface area contributed by atoms with Gasteiger partial charge in [0.2, 0.25) is 0 Å². The molecule has 4 aliphatic carbocycles. The number of hydrogen-bond acceptors (Lipinski definition) is 0. The molecule has 0 aromatic heterocycles. The van der Waals surface area contributed by atoms with Gasteiger partial charge in [0, 0.05) is 31.1 Å². The van der Waals surface area contributed by atoms with Crippen molar-refractivity contribution in [2.45, 2.75) is 63.5 Å². The van der Waals surface area contributed by atoms with E-state index in [1.54, 1.807) is 37.0 Å². The molecule has 19 heavy (non-hydrogen) atoms. The number of hydrogen-bond donors (Lipinski definition) is 2. The Morgan fingerprint density at radius 2 is 1.68 bits per heavy atom. The van der Waals surface area contributed by atoms with Crippen LogP contribution in [-0.4, -0.2) is 32.2 Å². The van der Waals surface area contributed by atoms with Crippen molar-refractivity contribution in [1.82, 2.24) is 0 Å². The number of nitrogens with two attached hydrogens (primary N) is 1. The van der Waals surface area contributed by atoms with Crippen molar-refractivity contribution >= 4 is 0 Å². The Balaban J connectivity index is 1.29. The van der Waals surface area contributed by atoms with Gasteiger partial charge in [-0.2, -0.15) is 0 Å². The van der Waals surface area contributed by atoms with Gasteiger partial charge in [-0.05, 0) is 43.9 Å². The van der Waals surface area contributed by atoms with Gasteiger partial charge in [0.15, 0.2) is 0 Å². The van der Waals surface area contributed by atoms with Gasteiger partial charge in [0.1, 0.15) is 0 Å². The Kier molecular flexibility index (Phi) is 3.35. The molecule has 0 radical (unpaired) electrons. The first-order chi connectivity index (χ1) is 9.29.